The Hall–Kier alpha value is 0.200. The highest BCUT2D eigenvalue weighted by Gasteiger charge is 2.03. The molecular weight excluding hydrogens is 188 g/mol. The van der Waals surface area contributed by atoms with E-state index in [-0.39, 0.29) is 5.75 Å². The molecule has 0 saturated heterocycles. The number of halogens is 1. The zero-order valence-electron chi connectivity index (χ0n) is 6.55. The third-order valence-electron chi connectivity index (χ3n) is 1.03. The minimum absolute atomic E-state index is 0.00172. The van der Waals surface area contributed by atoms with Crippen LogP contribution in [0.15, 0.2) is 0 Å². The number of hydrogen-bond donors (Lipinski definition) is 0. The summed E-state index contributed by atoms with van der Waals surface area (Å²) in [5.41, 5.74) is 0. The van der Waals surface area contributed by atoms with E-state index in [9.17, 15) is 8.42 Å². The first kappa shape index (κ1) is 11.2. The number of hydrogen-bond acceptors (Lipinski definition) is 3. The molecule has 11 heavy (non-hydrogen) atoms. The molecule has 0 bridgehead atoms. The molecule has 0 unspecified atom stereocenters. The molecule has 0 aliphatic rings. The van der Waals surface area contributed by atoms with Crippen LogP contribution in [-0.2, 0) is 13.8 Å². The van der Waals surface area contributed by atoms with Gasteiger partial charge in [-0.05, 0) is 12.8 Å². The van der Waals surface area contributed by atoms with E-state index < -0.39 is 9.05 Å². The normalized spacial score (nSPS) is 11.8. The van der Waals surface area contributed by atoms with E-state index in [1.54, 1.807) is 0 Å². The zero-order valence-corrected chi connectivity index (χ0v) is 8.12. The van der Waals surface area contributed by atoms with Gasteiger partial charge in [0.2, 0.25) is 9.05 Å². The second-order valence-electron chi connectivity index (χ2n) is 2.21. The predicted octanol–water partition coefficient (Wildman–Crippen LogP) is 1.37. The molecule has 0 fully saturated rings. The molecule has 0 aromatic carbocycles. The molecule has 0 rings (SSSR count). The van der Waals surface area contributed by atoms with Crippen LogP contribution in [0, 0.1) is 0 Å². The van der Waals surface area contributed by atoms with Gasteiger partial charge in [0.05, 0.1) is 5.75 Å². The molecule has 0 atom stereocenters. The van der Waals surface area contributed by atoms with E-state index in [1.165, 1.54) is 0 Å². The van der Waals surface area contributed by atoms with E-state index in [0.717, 1.165) is 6.42 Å². The van der Waals surface area contributed by atoms with Crippen LogP contribution >= 0.6 is 10.7 Å². The van der Waals surface area contributed by atoms with Crippen molar-refractivity contribution in [3.05, 3.63) is 0 Å². The van der Waals surface area contributed by atoms with Gasteiger partial charge in [-0.3, -0.25) is 0 Å². The highest BCUT2D eigenvalue weighted by atomic mass is 35.7. The molecule has 0 saturated carbocycles. The second-order valence-corrected chi connectivity index (χ2v) is 5.11. The number of rotatable bonds is 6. The first-order chi connectivity index (χ1) is 5.06. The van der Waals surface area contributed by atoms with Crippen LogP contribution in [0.4, 0.5) is 0 Å². The van der Waals surface area contributed by atoms with E-state index in [4.69, 9.17) is 15.4 Å². The largest absolute Gasteiger partial charge is 0.381 e. The fraction of sp³-hybridized carbons (Fsp3) is 1.00. The van der Waals surface area contributed by atoms with Gasteiger partial charge in [0, 0.05) is 23.9 Å². The molecule has 3 nitrogen and oxygen atoms in total. The molecule has 0 spiro atoms. The van der Waals surface area contributed by atoms with Crippen LogP contribution < -0.4 is 0 Å². The van der Waals surface area contributed by atoms with Gasteiger partial charge in [-0.2, -0.15) is 0 Å². The molecule has 68 valence electrons. The average Bonchev–Trinajstić information content (AvgIpc) is 1.85. The highest BCUT2D eigenvalue weighted by molar-refractivity contribution is 8.13. The van der Waals surface area contributed by atoms with Crippen LogP contribution in [0.25, 0.3) is 0 Å². The van der Waals surface area contributed by atoms with E-state index in [0.29, 0.717) is 19.6 Å². The summed E-state index contributed by atoms with van der Waals surface area (Å²) < 4.78 is 25.8. The van der Waals surface area contributed by atoms with E-state index in [1.807, 2.05) is 6.92 Å². The Kier molecular flexibility index (Phi) is 5.91. The average molecular weight is 201 g/mol. The van der Waals surface area contributed by atoms with Gasteiger partial charge in [-0.1, -0.05) is 6.92 Å². The SMILES string of the molecule is CCCOCCCS(=O)(=O)Cl. The van der Waals surface area contributed by atoms with Crippen molar-refractivity contribution in [2.45, 2.75) is 19.8 Å². The summed E-state index contributed by atoms with van der Waals surface area (Å²) in [5, 5.41) is 0. The van der Waals surface area contributed by atoms with Crippen LogP contribution in [0.1, 0.15) is 19.8 Å². The van der Waals surface area contributed by atoms with Crippen LogP contribution in [0.2, 0.25) is 0 Å². The summed E-state index contributed by atoms with van der Waals surface area (Å²) in [6.07, 6.45) is 1.43. The lowest BCUT2D eigenvalue weighted by molar-refractivity contribution is 0.136. The molecule has 5 heteroatoms. The minimum atomic E-state index is -3.32. The third-order valence-corrected chi connectivity index (χ3v) is 2.26. The summed E-state index contributed by atoms with van der Waals surface area (Å²) in [7, 11) is 1.64. The van der Waals surface area contributed by atoms with Gasteiger partial charge in [0.15, 0.2) is 0 Å². The fourth-order valence-corrected chi connectivity index (χ4v) is 1.37. The van der Waals surface area contributed by atoms with Crippen molar-refractivity contribution in [2.24, 2.45) is 0 Å². The first-order valence-corrected chi connectivity index (χ1v) is 6.04. The maximum absolute atomic E-state index is 10.4. The van der Waals surface area contributed by atoms with Gasteiger partial charge in [-0.15, -0.1) is 0 Å². The Bertz CT molecular complexity index is 176. The minimum Gasteiger partial charge on any atom is -0.381 e. The molecule has 0 aromatic heterocycles. The van der Waals surface area contributed by atoms with Crippen molar-refractivity contribution >= 4 is 19.7 Å². The summed E-state index contributed by atoms with van der Waals surface area (Å²) in [4.78, 5) is 0. The van der Waals surface area contributed by atoms with Gasteiger partial charge >= 0.3 is 0 Å². The lowest BCUT2D eigenvalue weighted by atomic mass is 10.5. The standard InChI is InChI=1S/C6H13ClO3S/c1-2-4-10-5-3-6-11(7,8)9/h2-6H2,1H3. The van der Waals surface area contributed by atoms with Crippen molar-refractivity contribution in [2.75, 3.05) is 19.0 Å². The van der Waals surface area contributed by atoms with Crippen LogP contribution in [0.3, 0.4) is 0 Å². The monoisotopic (exact) mass is 200 g/mol. The summed E-state index contributed by atoms with van der Waals surface area (Å²) >= 11 is 0. The van der Waals surface area contributed by atoms with Gasteiger partial charge in [0.1, 0.15) is 0 Å². The number of ether oxygens (including phenoxy) is 1. The molecule has 0 amide bonds. The predicted molar refractivity (Wildman–Crippen MR) is 45.4 cm³/mol. The fourth-order valence-electron chi connectivity index (χ4n) is 0.580. The van der Waals surface area contributed by atoms with E-state index >= 15 is 0 Å². The van der Waals surface area contributed by atoms with Crippen LogP contribution in [0.5, 0.6) is 0 Å². The third kappa shape index (κ3) is 10.2. The second kappa shape index (κ2) is 5.80. The molecule has 0 heterocycles. The molecule has 0 N–H and O–H groups in total. The molecular formula is C6H13ClO3S. The maximum Gasteiger partial charge on any atom is 0.232 e. The molecule has 0 aromatic rings. The topological polar surface area (TPSA) is 43.4 Å². The maximum atomic E-state index is 10.4. The summed E-state index contributed by atoms with van der Waals surface area (Å²) in [5.74, 6) is -0.00172. The van der Waals surface area contributed by atoms with Crippen LogP contribution in [-0.4, -0.2) is 27.4 Å². The van der Waals surface area contributed by atoms with Crippen molar-refractivity contribution < 1.29 is 13.2 Å². The summed E-state index contributed by atoms with van der Waals surface area (Å²) in [6, 6.07) is 0. The van der Waals surface area contributed by atoms with E-state index in [2.05, 4.69) is 0 Å². The highest BCUT2D eigenvalue weighted by Crippen LogP contribution is 1.98. The quantitative estimate of drug-likeness (QED) is 0.481. The van der Waals surface area contributed by atoms with Crippen molar-refractivity contribution in [1.82, 2.24) is 0 Å². The Morgan fingerprint density at radius 2 is 2.00 bits per heavy atom. The summed E-state index contributed by atoms with van der Waals surface area (Å²) in [6.45, 7) is 3.15. The van der Waals surface area contributed by atoms with Crippen molar-refractivity contribution in [1.29, 1.82) is 0 Å². The molecule has 0 aliphatic carbocycles. The first-order valence-electron chi connectivity index (χ1n) is 3.56. The van der Waals surface area contributed by atoms with Crippen molar-refractivity contribution in [3.63, 3.8) is 0 Å². The van der Waals surface area contributed by atoms with Crippen molar-refractivity contribution in [3.8, 4) is 0 Å². The van der Waals surface area contributed by atoms with Gasteiger partial charge < -0.3 is 4.74 Å². The lowest BCUT2D eigenvalue weighted by Crippen LogP contribution is -2.03. The Labute approximate surface area is 72.1 Å². The zero-order chi connectivity index (χ0) is 8.74. The van der Waals surface area contributed by atoms with Gasteiger partial charge in [-0.25, -0.2) is 8.42 Å². The molecule has 0 radical (unpaired) electrons. The lowest BCUT2D eigenvalue weighted by Gasteiger charge is -1.99. The Morgan fingerprint density at radius 1 is 1.36 bits per heavy atom. The molecule has 0 aliphatic heterocycles. The smallest absolute Gasteiger partial charge is 0.232 e. The Balaban J connectivity index is 3.16. The Morgan fingerprint density at radius 3 is 2.45 bits per heavy atom. The van der Waals surface area contributed by atoms with Gasteiger partial charge in [0.25, 0.3) is 0 Å².